The minimum atomic E-state index is -0.485. The highest BCUT2D eigenvalue weighted by atomic mass is 19.1. The summed E-state index contributed by atoms with van der Waals surface area (Å²) in [5, 5.41) is 0. The van der Waals surface area contributed by atoms with Gasteiger partial charge in [0.2, 0.25) is 0 Å². The van der Waals surface area contributed by atoms with E-state index in [0.29, 0.717) is 6.29 Å². The summed E-state index contributed by atoms with van der Waals surface area (Å²) in [5.41, 5.74) is 0. The van der Waals surface area contributed by atoms with Crippen LogP contribution in [0.3, 0.4) is 0 Å². The summed E-state index contributed by atoms with van der Waals surface area (Å²) < 4.78 is 23.2. The lowest BCUT2D eigenvalue weighted by atomic mass is 10.3. The summed E-state index contributed by atoms with van der Waals surface area (Å²) >= 11 is 0. The van der Waals surface area contributed by atoms with E-state index in [9.17, 15) is 9.18 Å². The van der Waals surface area contributed by atoms with Crippen molar-refractivity contribution in [3.05, 3.63) is 48.0 Å². The fourth-order valence-electron chi connectivity index (χ4n) is 1.09. The average molecular weight is 206 g/mol. The van der Waals surface area contributed by atoms with Crippen LogP contribution in [-0.2, 0) is 0 Å². The highest BCUT2D eigenvalue weighted by molar-refractivity contribution is 5.70. The number of furan rings is 1. The number of hydrogen-bond acceptors (Lipinski definition) is 3. The minimum absolute atomic E-state index is 0.0595. The number of rotatable bonds is 3. The van der Waals surface area contributed by atoms with Crippen LogP contribution in [0.1, 0.15) is 10.6 Å². The molecule has 0 unspecified atom stereocenters. The molecule has 0 aliphatic heterocycles. The predicted octanol–water partition coefficient (Wildman–Crippen LogP) is 3.02. The zero-order valence-electron chi connectivity index (χ0n) is 7.64. The normalized spacial score (nSPS) is 9.93. The van der Waals surface area contributed by atoms with Crippen LogP contribution in [0, 0.1) is 5.82 Å². The van der Waals surface area contributed by atoms with Gasteiger partial charge in [0.1, 0.15) is 0 Å². The number of para-hydroxylation sites is 1. The summed E-state index contributed by atoms with van der Waals surface area (Å²) in [6, 6.07) is 8.85. The van der Waals surface area contributed by atoms with Crippen LogP contribution in [0.15, 0.2) is 40.8 Å². The van der Waals surface area contributed by atoms with E-state index in [1.54, 1.807) is 12.1 Å². The van der Waals surface area contributed by atoms with Gasteiger partial charge in [0, 0.05) is 6.07 Å². The maximum absolute atomic E-state index is 13.1. The smallest absolute Gasteiger partial charge is 0.290 e. The first-order valence-corrected chi connectivity index (χ1v) is 4.27. The van der Waals surface area contributed by atoms with Crippen LogP contribution in [0.5, 0.6) is 11.7 Å². The Morgan fingerprint density at radius 3 is 2.67 bits per heavy atom. The first kappa shape index (κ1) is 9.45. The van der Waals surface area contributed by atoms with Crippen molar-refractivity contribution in [1.82, 2.24) is 0 Å². The van der Waals surface area contributed by atoms with Gasteiger partial charge in [0.05, 0.1) is 0 Å². The molecule has 1 aromatic heterocycles. The topological polar surface area (TPSA) is 39.4 Å². The van der Waals surface area contributed by atoms with Crippen LogP contribution in [0.2, 0.25) is 0 Å². The van der Waals surface area contributed by atoms with Crippen LogP contribution < -0.4 is 4.74 Å². The molecule has 0 radical (unpaired) electrons. The van der Waals surface area contributed by atoms with E-state index in [2.05, 4.69) is 0 Å². The SMILES string of the molecule is O=Cc1ccc(Oc2ccccc2F)o1. The number of halogens is 1. The molecule has 0 N–H and O–H groups in total. The molecule has 0 fully saturated rings. The van der Waals surface area contributed by atoms with E-state index in [0.717, 1.165) is 0 Å². The highest BCUT2D eigenvalue weighted by Gasteiger charge is 2.06. The molecule has 0 aliphatic rings. The molecule has 0 aliphatic carbocycles. The molecule has 76 valence electrons. The molecular formula is C11H7FO3. The Labute approximate surface area is 85.1 Å². The molecule has 15 heavy (non-hydrogen) atoms. The molecule has 0 atom stereocenters. The Kier molecular flexibility index (Phi) is 2.49. The summed E-state index contributed by atoms with van der Waals surface area (Å²) in [5.74, 6) is -0.200. The first-order chi connectivity index (χ1) is 7.29. The van der Waals surface area contributed by atoms with Crippen molar-refractivity contribution in [3.63, 3.8) is 0 Å². The van der Waals surface area contributed by atoms with Crippen LogP contribution in [0.4, 0.5) is 4.39 Å². The molecule has 0 saturated heterocycles. The van der Waals surface area contributed by atoms with Gasteiger partial charge in [-0.15, -0.1) is 0 Å². The second-order valence-corrected chi connectivity index (χ2v) is 2.81. The van der Waals surface area contributed by atoms with Crippen LogP contribution >= 0.6 is 0 Å². The average Bonchev–Trinajstić information content (AvgIpc) is 2.69. The van der Waals surface area contributed by atoms with Crippen molar-refractivity contribution < 1.29 is 18.3 Å². The van der Waals surface area contributed by atoms with Crippen molar-refractivity contribution in [2.24, 2.45) is 0 Å². The number of carbonyl (C=O) groups excluding carboxylic acids is 1. The van der Waals surface area contributed by atoms with Gasteiger partial charge < -0.3 is 9.15 Å². The zero-order chi connectivity index (χ0) is 10.7. The number of benzene rings is 1. The third-order valence-corrected chi connectivity index (χ3v) is 1.77. The quantitative estimate of drug-likeness (QED) is 0.724. The monoisotopic (exact) mass is 206 g/mol. The lowest BCUT2D eigenvalue weighted by Crippen LogP contribution is -1.85. The molecule has 1 aromatic carbocycles. The molecule has 0 saturated carbocycles. The molecule has 0 amide bonds. The van der Waals surface area contributed by atoms with Gasteiger partial charge in [0.15, 0.2) is 23.6 Å². The molecule has 4 heteroatoms. The van der Waals surface area contributed by atoms with Crippen molar-refractivity contribution in [1.29, 1.82) is 0 Å². The molecular weight excluding hydrogens is 199 g/mol. The van der Waals surface area contributed by atoms with Crippen molar-refractivity contribution >= 4 is 6.29 Å². The Morgan fingerprint density at radius 2 is 2.00 bits per heavy atom. The fourth-order valence-corrected chi connectivity index (χ4v) is 1.09. The maximum Gasteiger partial charge on any atom is 0.290 e. The van der Waals surface area contributed by atoms with Crippen molar-refractivity contribution in [2.45, 2.75) is 0 Å². The van der Waals surface area contributed by atoms with Gasteiger partial charge >= 0.3 is 0 Å². The number of aldehydes is 1. The number of ether oxygens (including phenoxy) is 1. The maximum atomic E-state index is 13.1. The lowest BCUT2D eigenvalue weighted by molar-refractivity contribution is 0.109. The van der Waals surface area contributed by atoms with Crippen LogP contribution in [-0.4, -0.2) is 6.29 Å². The van der Waals surface area contributed by atoms with E-state index in [1.165, 1.54) is 24.3 Å². The van der Waals surface area contributed by atoms with Crippen molar-refractivity contribution in [3.8, 4) is 11.7 Å². The number of hydrogen-bond donors (Lipinski definition) is 0. The number of carbonyl (C=O) groups is 1. The van der Waals surface area contributed by atoms with E-state index in [4.69, 9.17) is 9.15 Å². The van der Waals surface area contributed by atoms with E-state index in [1.807, 2.05) is 0 Å². The standard InChI is InChI=1S/C11H7FO3/c12-9-3-1-2-4-10(9)15-11-6-5-8(7-13)14-11/h1-7H. The van der Waals surface area contributed by atoms with E-state index >= 15 is 0 Å². The Bertz CT molecular complexity index is 476. The predicted molar refractivity (Wildman–Crippen MR) is 50.6 cm³/mol. The Balaban J connectivity index is 2.22. The van der Waals surface area contributed by atoms with Crippen molar-refractivity contribution in [2.75, 3.05) is 0 Å². The molecule has 0 bridgehead atoms. The summed E-state index contributed by atoms with van der Waals surface area (Å²) in [4.78, 5) is 10.3. The van der Waals surface area contributed by atoms with Crippen LogP contribution in [0.25, 0.3) is 0 Å². The lowest BCUT2D eigenvalue weighted by Gasteiger charge is -2.01. The third kappa shape index (κ3) is 2.04. The molecule has 2 aromatic rings. The van der Waals surface area contributed by atoms with Gasteiger partial charge in [-0.25, -0.2) is 4.39 Å². The Morgan fingerprint density at radius 1 is 1.20 bits per heavy atom. The van der Waals surface area contributed by atoms with E-state index < -0.39 is 5.82 Å². The molecule has 0 spiro atoms. The second kappa shape index (κ2) is 3.96. The summed E-state index contributed by atoms with van der Waals surface area (Å²) in [7, 11) is 0. The van der Waals surface area contributed by atoms with Gasteiger partial charge in [-0.2, -0.15) is 0 Å². The zero-order valence-corrected chi connectivity index (χ0v) is 7.64. The first-order valence-electron chi connectivity index (χ1n) is 4.27. The second-order valence-electron chi connectivity index (χ2n) is 2.81. The Hall–Kier alpha value is -2.10. The highest BCUT2D eigenvalue weighted by Crippen LogP contribution is 2.25. The molecule has 1 heterocycles. The third-order valence-electron chi connectivity index (χ3n) is 1.77. The van der Waals surface area contributed by atoms with Gasteiger partial charge in [0.25, 0.3) is 5.95 Å². The van der Waals surface area contributed by atoms with Gasteiger partial charge in [-0.05, 0) is 18.2 Å². The van der Waals surface area contributed by atoms with Gasteiger partial charge in [-0.3, -0.25) is 4.79 Å². The minimum Gasteiger partial charge on any atom is -0.423 e. The molecule has 3 nitrogen and oxygen atoms in total. The fraction of sp³-hybridized carbons (Fsp3) is 0. The summed E-state index contributed by atoms with van der Waals surface area (Å²) in [6.45, 7) is 0. The summed E-state index contributed by atoms with van der Waals surface area (Å²) in [6.07, 6.45) is 0.550. The van der Waals surface area contributed by atoms with Gasteiger partial charge in [-0.1, -0.05) is 12.1 Å². The van der Waals surface area contributed by atoms with E-state index in [-0.39, 0.29) is 17.5 Å². The largest absolute Gasteiger partial charge is 0.423 e. The molecule has 2 rings (SSSR count).